The van der Waals surface area contributed by atoms with Crippen LogP contribution in [0.2, 0.25) is 0 Å². The number of benzene rings is 3. The van der Waals surface area contributed by atoms with E-state index in [2.05, 4.69) is 53.4 Å². The zero-order chi connectivity index (χ0) is 19.2. The highest BCUT2D eigenvalue weighted by atomic mass is 16.5. The number of nitrogens with zero attached hydrogens (tertiary/aromatic N) is 1. The van der Waals surface area contributed by atoms with Gasteiger partial charge in [-0.05, 0) is 29.7 Å². The third-order valence-corrected chi connectivity index (χ3v) is 5.16. The average molecular weight is 371 g/mol. The number of carbonyl (C=O) groups is 1. The van der Waals surface area contributed by atoms with Crippen LogP contribution in [-0.4, -0.2) is 23.3 Å². The highest BCUT2D eigenvalue weighted by Crippen LogP contribution is 2.28. The molecule has 0 amide bonds. The Morgan fingerprint density at radius 2 is 1.36 bits per heavy atom. The molecule has 3 heteroatoms. The molecule has 1 aliphatic rings. The zero-order valence-electron chi connectivity index (χ0n) is 16.0. The molecule has 3 nitrogen and oxygen atoms in total. The Hall–Kier alpha value is -2.91. The second kappa shape index (κ2) is 8.85. The molecule has 0 aromatic heterocycles. The lowest BCUT2D eigenvalue weighted by molar-refractivity contribution is 0.0811. The second-order valence-electron chi connectivity index (χ2n) is 7.33. The number of hydrogen-bond acceptors (Lipinski definition) is 3. The lowest BCUT2D eigenvalue weighted by Gasteiger charge is -2.28. The number of rotatable bonds is 7. The summed E-state index contributed by atoms with van der Waals surface area (Å²) in [6.07, 6.45) is 1.23. The average Bonchev–Trinajstić information content (AvgIpc) is 2.74. The van der Waals surface area contributed by atoms with Crippen molar-refractivity contribution < 1.29 is 9.53 Å². The Morgan fingerprint density at radius 1 is 0.786 bits per heavy atom. The van der Waals surface area contributed by atoms with Crippen LogP contribution in [-0.2, 0) is 13.1 Å². The van der Waals surface area contributed by atoms with E-state index in [1.807, 2.05) is 36.4 Å². The quantitative estimate of drug-likeness (QED) is 0.578. The molecular weight excluding hydrogens is 346 g/mol. The summed E-state index contributed by atoms with van der Waals surface area (Å²) in [6, 6.07) is 28.6. The molecule has 0 saturated heterocycles. The van der Waals surface area contributed by atoms with E-state index >= 15 is 0 Å². The minimum Gasteiger partial charge on any atom is -0.489 e. The molecule has 4 rings (SSSR count). The van der Waals surface area contributed by atoms with Crippen molar-refractivity contribution in [3.05, 3.63) is 102 Å². The molecule has 3 aromatic carbocycles. The van der Waals surface area contributed by atoms with Gasteiger partial charge in [0.2, 0.25) is 0 Å². The summed E-state index contributed by atoms with van der Waals surface area (Å²) in [5, 5.41) is 0. The Morgan fingerprint density at radius 3 is 2.00 bits per heavy atom. The first-order valence-corrected chi connectivity index (χ1v) is 9.87. The van der Waals surface area contributed by atoms with Gasteiger partial charge in [0.25, 0.3) is 0 Å². The first kappa shape index (κ1) is 18.5. The molecule has 0 saturated carbocycles. The second-order valence-corrected chi connectivity index (χ2v) is 7.33. The summed E-state index contributed by atoms with van der Waals surface area (Å²) in [5.74, 6) is 0.908. The number of hydrogen-bond donors (Lipinski definition) is 0. The fourth-order valence-electron chi connectivity index (χ4n) is 3.72. The van der Waals surface area contributed by atoms with Gasteiger partial charge in [-0.1, -0.05) is 72.8 Å². The van der Waals surface area contributed by atoms with Gasteiger partial charge in [0.1, 0.15) is 11.9 Å². The van der Waals surface area contributed by atoms with Crippen LogP contribution in [0.5, 0.6) is 5.75 Å². The minimum atomic E-state index is -0.0588. The van der Waals surface area contributed by atoms with E-state index in [1.54, 1.807) is 0 Å². The van der Waals surface area contributed by atoms with Crippen LogP contribution in [0.1, 0.15) is 34.3 Å². The molecule has 1 atom stereocenters. The maximum atomic E-state index is 12.4. The largest absolute Gasteiger partial charge is 0.489 e. The normalized spacial score (nSPS) is 15.9. The van der Waals surface area contributed by atoms with Gasteiger partial charge in [0, 0.05) is 26.1 Å². The molecule has 0 bridgehead atoms. The van der Waals surface area contributed by atoms with Crippen molar-refractivity contribution in [1.29, 1.82) is 0 Å². The summed E-state index contributed by atoms with van der Waals surface area (Å²) in [6.45, 7) is 2.64. The van der Waals surface area contributed by atoms with Crippen LogP contribution >= 0.6 is 0 Å². The van der Waals surface area contributed by atoms with E-state index in [-0.39, 0.29) is 11.9 Å². The Bertz CT molecular complexity index is 867. The summed E-state index contributed by atoms with van der Waals surface area (Å²) in [5.41, 5.74) is 3.30. The molecule has 0 spiro atoms. The van der Waals surface area contributed by atoms with Crippen LogP contribution in [0.15, 0.2) is 84.9 Å². The molecule has 0 fully saturated rings. The highest BCUT2D eigenvalue weighted by Gasteiger charge is 2.26. The van der Waals surface area contributed by atoms with Gasteiger partial charge in [0.15, 0.2) is 5.78 Å². The molecule has 1 unspecified atom stereocenters. The topological polar surface area (TPSA) is 29.5 Å². The smallest absolute Gasteiger partial charge is 0.170 e. The van der Waals surface area contributed by atoms with E-state index in [1.165, 1.54) is 11.1 Å². The van der Waals surface area contributed by atoms with Crippen LogP contribution < -0.4 is 4.74 Å². The fraction of sp³-hybridized carbons (Fsp3) is 0.240. The summed E-state index contributed by atoms with van der Waals surface area (Å²) in [4.78, 5) is 14.9. The van der Waals surface area contributed by atoms with Crippen LogP contribution in [0.4, 0.5) is 0 Å². The Kier molecular flexibility index (Phi) is 5.83. The van der Waals surface area contributed by atoms with E-state index in [9.17, 15) is 4.79 Å². The van der Waals surface area contributed by atoms with Crippen molar-refractivity contribution in [1.82, 2.24) is 4.90 Å². The van der Waals surface area contributed by atoms with Crippen molar-refractivity contribution in [2.75, 3.05) is 6.54 Å². The fourth-order valence-corrected chi connectivity index (χ4v) is 3.72. The predicted molar refractivity (Wildman–Crippen MR) is 111 cm³/mol. The summed E-state index contributed by atoms with van der Waals surface area (Å²) in [7, 11) is 0. The Labute approximate surface area is 166 Å². The van der Waals surface area contributed by atoms with Gasteiger partial charge in [-0.15, -0.1) is 0 Å². The first-order chi connectivity index (χ1) is 13.8. The van der Waals surface area contributed by atoms with Gasteiger partial charge in [0.05, 0.1) is 5.56 Å². The molecule has 28 heavy (non-hydrogen) atoms. The molecule has 0 radical (unpaired) electrons. The molecule has 1 heterocycles. The summed E-state index contributed by atoms with van der Waals surface area (Å²) < 4.78 is 6.11. The Balaban J connectivity index is 1.43. The first-order valence-electron chi connectivity index (χ1n) is 9.87. The highest BCUT2D eigenvalue weighted by molar-refractivity contribution is 5.99. The van der Waals surface area contributed by atoms with Gasteiger partial charge in [-0.3, -0.25) is 9.69 Å². The van der Waals surface area contributed by atoms with Crippen LogP contribution in [0.25, 0.3) is 0 Å². The van der Waals surface area contributed by atoms with Crippen LogP contribution in [0, 0.1) is 0 Å². The zero-order valence-corrected chi connectivity index (χ0v) is 16.0. The monoisotopic (exact) mass is 371 g/mol. The third kappa shape index (κ3) is 4.68. The summed E-state index contributed by atoms with van der Waals surface area (Å²) >= 11 is 0. The number of ether oxygens (including phenoxy) is 1. The van der Waals surface area contributed by atoms with E-state index in [0.29, 0.717) is 12.0 Å². The van der Waals surface area contributed by atoms with Crippen molar-refractivity contribution in [2.45, 2.75) is 32.0 Å². The van der Waals surface area contributed by atoms with Crippen molar-refractivity contribution >= 4 is 5.78 Å². The van der Waals surface area contributed by atoms with Crippen LogP contribution in [0.3, 0.4) is 0 Å². The number of Topliss-reactive ketones (excluding diaryl/α,β-unsaturated/α-hetero) is 1. The lowest BCUT2D eigenvalue weighted by atomic mass is 9.99. The van der Waals surface area contributed by atoms with Crippen molar-refractivity contribution in [2.24, 2.45) is 0 Å². The minimum absolute atomic E-state index is 0.0588. The number of carbonyl (C=O) groups excluding carboxylic acids is 1. The molecule has 1 aliphatic heterocycles. The third-order valence-electron chi connectivity index (χ3n) is 5.16. The maximum absolute atomic E-state index is 12.4. The van der Waals surface area contributed by atoms with Crippen molar-refractivity contribution in [3.8, 4) is 5.75 Å². The predicted octanol–water partition coefficient (Wildman–Crippen LogP) is 5.11. The SMILES string of the molecule is O=C1CC(CCN(Cc2ccccc2)Cc2ccccc2)Oc2ccccc21. The van der Waals surface area contributed by atoms with Gasteiger partial charge in [-0.25, -0.2) is 0 Å². The van der Waals surface area contributed by atoms with E-state index in [4.69, 9.17) is 4.74 Å². The molecular formula is C25H25NO2. The molecule has 0 N–H and O–H groups in total. The molecule has 142 valence electrons. The molecule has 3 aromatic rings. The number of para-hydroxylation sites is 1. The maximum Gasteiger partial charge on any atom is 0.170 e. The van der Waals surface area contributed by atoms with Gasteiger partial charge < -0.3 is 4.74 Å². The standard InChI is InChI=1S/C25H25NO2/c27-24-17-22(28-25-14-8-7-13-23(24)25)15-16-26(18-20-9-3-1-4-10-20)19-21-11-5-2-6-12-21/h1-14,22H,15-19H2. The van der Waals surface area contributed by atoms with E-state index in [0.717, 1.165) is 31.8 Å². The molecule has 0 aliphatic carbocycles. The van der Waals surface area contributed by atoms with E-state index < -0.39 is 0 Å². The van der Waals surface area contributed by atoms with Crippen molar-refractivity contribution in [3.63, 3.8) is 0 Å². The number of ketones is 1. The number of fused-ring (bicyclic) bond motifs is 1. The van der Waals surface area contributed by atoms with Gasteiger partial charge >= 0.3 is 0 Å². The van der Waals surface area contributed by atoms with Gasteiger partial charge in [-0.2, -0.15) is 0 Å². The lowest BCUT2D eigenvalue weighted by Crippen LogP contribution is -2.32.